The molecule has 0 aliphatic carbocycles. The number of rotatable bonds is 7. The molecule has 0 spiro atoms. The standard InChI is InChI=1S/C17H16N4O4S/c1-3-25-16-13(21(22)23)8-11(9-14(16)24-2)10-18-20-17-19-12-6-4-5-7-15(12)26-17/h4-10H,3H2,1-2H3,(H,19,20)/b18-10-. The van der Waals surface area contributed by atoms with Crippen LogP contribution in [0, 0.1) is 10.1 Å². The van der Waals surface area contributed by atoms with Gasteiger partial charge in [-0.25, -0.2) is 4.98 Å². The van der Waals surface area contributed by atoms with Gasteiger partial charge in [0, 0.05) is 11.6 Å². The number of nitrogens with one attached hydrogen (secondary N) is 1. The van der Waals surface area contributed by atoms with Crippen LogP contribution < -0.4 is 14.9 Å². The van der Waals surface area contributed by atoms with Crippen LogP contribution in [-0.2, 0) is 0 Å². The number of ether oxygens (including phenoxy) is 2. The molecule has 0 amide bonds. The van der Waals surface area contributed by atoms with E-state index in [2.05, 4.69) is 15.5 Å². The topological polar surface area (TPSA) is 98.9 Å². The molecule has 0 fully saturated rings. The summed E-state index contributed by atoms with van der Waals surface area (Å²) in [5.41, 5.74) is 4.06. The molecule has 0 saturated heterocycles. The number of hydrogen-bond donors (Lipinski definition) is 1. The normalized spacial score (nSPS) is 11.0. The van der Waals surface area contributed by atoms with Crippen LogP contribution in [0.4, 0.5) is 10.8 Å². The smallest absolute Gasteiger partial charge is 0.315 e. The van der Waals surface area contributed by atoms with E-state index in [1.54, 1.807) is 13.0 Å². The fourth-order valence-electron chi connectivity index (χ4n) is 2.34. The maximum atomic E-state index is 11.3. The third kappa shape index (κ3) is 3.72. The maximum absolute atomic E-state index is 11.3. The minimum absolute atomic E-state index is 0.108. The Hall–Kier alpha value is -3.20. The average molecular weight is 372 g/mol. The molecule has 1 aromatic heterocycles. The Morgan fingerprint density at radius 2 is 2.19 bits per heavy atom. The predicted molar refractivity (Wildman–Crippen MR) is 102 cm³/mol. The first kappa shape index (κ1) is 17.6. The number of benzene rings is 2. The molecule has 2 aromatic carbocycles. The van der Waals surface area contributed by atoms with Crippen LogP contribution in [0.1, 0.15) is 12.5 Å². The number of thiazole rings is 1. The Morgan fingerprint density at radius 3 is 2.88 bits per heavy atom. The van der Waals surface area contributed by atoms with E-state index in [0.29, 0.717) is 17.3 Å². The van der Waals surface area contributed by atoms with Crippen molar-refractivity contribution in [3.05, 3.63) is 52.1 Å². The number of nitrogens with zero attached hydrogens (tertiary/aromatic N) is 3. The van der Waals surface area contributed by atoms with Crippen molar-refractivity contribution < 1.29 is 14.4 Å². The van der Waals surface area contributed by atoms with Crippen molar-refractivity contribution in [2.75, 3.05) is 19.1 Å². The summed E-state index contributed by atoms with van der Waals surface area (Å²) in [6.07, 6.45) is 1.47. The van der Waals surface area contributed by atoms with E-state index in [9.17, 15) is 10.1 Å². The molecular formula is C17H16N4O4S. The van der Waals surface area contributed by atoms with Gasteiger partial charge in [-0.2, -0.15) is 5.10 Å². The second kappa shape index (κ2) is 7.79. The molecule has 0 radical (unpaired) electrons. The summed E-state index contributed by atoms with van der Waals surface area (Å²) in [4.78, 5) is 15.2. The first-order valence-corrected chi connectivity index (χ1v) is 8.58. The SMILES string of the molecule is CCOc1c(OC)cc(/C=N\Nc2nc3ccccc3s2)cc1[N+](=O)[O-]. The largest absolute Gasteiger partial charge is 0.493 e. The number of hydrazone groups is 1. The highest BCUT2D eigenvalue weighted by Gasteiger charge is 2.21. The van der Waals surface area contributed by atoms with Crippen molar-refractivity contribution in [3.63, 3.8) is 0 Å². The molecule has 134 valence electrons. The minimum atomic E-state index is -0.508. The number of hydrogen-bond acceptors (Lipinski definition) is 8. The molecule has 8 nitrogen and oxygen atoms in total. The van der Waals surface area contributed by atoms with E-state index >= 15 is 0 Å². The van der Waals surface area contributed by atoms with Crippen molar-refractivity contribution in [1.29, 1.82) is 0 Å². The molecule has 3 aromatic rings. The van der Waals surface area contributed by atoms with Gasteiger partial charge in [0.05, 0.1) is 35.1 Å². The van der Waals surface area contributed by atoms with E-state index in [1.807, 2.05) is 24.3 Å². The van der Waals surface area contributed by atoms with Gasteiger partial charge >= 0.3 is 5.69 Å². The number of methoxy groups -OCH3 is 1. The van der Waals surface area contributed by atoms with Gasteiger partial charge < -0.3 is 9.47 Å². The molecule has 0 bridgehead atoms. The van der Waals surface area contributed by atoms with Crippen LogP contribution in [0.2, 0.25) is 0 Å². The monoisotopic (exact) mass is 372 g/mol. The summed E-state index contributed by atoms with van der Waals surface area (Å²) in [7, 11) is 1.43. The van der Waals surface area contributed by atoms with E-state index < -0.39 is 4.92 Å². The third-order valence-corrected chi connectivity index (χ3v) is 4.37. The number of fused-ring (bicyclic) bond motifs is 1. The van der Waals surface area contributed by atoms with E-state index in [0.717, 1.165) is 10.2 Å². The number of aromatic nitrogens is 1. The lowest BCUT2D eigenvalue weighted by atomic mass is 10.2. The lowest BCUT2D eigenvalue weighted by molar-refractivity contribution is -0.385. The van der Waals surface area contributed by atoms with Gasteiger partial charge in [-0.3, -0.25) is 15.5 Å². The third-order valence-electron chi connectivity index (χ3n) is 3.43. The van der Waals surface area contributed by atoms with E-state index in [1.165, 1.54) is 30.7 Å². The first-order chi connectivity index (χ1) is 12.6. The lowest BCUT2D eigenvalue weighted by Gasteiger charge is -2.10. The van der Waals surface area contributed by atoms with Gasteiger partial charge in [0.1, 0.15) is 0 Å². The summed E-state index contributed by atoms with van der Waals surface area (Å²) >= 11 is 1.47. The Bertz CT molecular complexity index is 938. The fraction of sp³-hybridized carbons (Fsp3) is 0.176. The fourth-order valence-corrected chi connectivity index (χ4v) is 3.16. The molecular weight excluding hydrogens is 356 g/mol. The van der Waals surface area contributed by atoms with Gasteiger partial charge in [0.25, 0.3) is 0 Å². The van der Waals surface area contributed by atoms with Crippen LogP contribution >= 0.6 is 11.3 Å². The highest BCUT2D eigenvalue weighted by molar-refractivity contribution is 7.22. The van der Waals surface area contributed by atoms with E-state index in [4.69, 9.17) is 9.47 Å². The highest BCUT2D eigenvalue weighted by Crippen LogP contribution is 2.38. The van der Waals surface area contributed by atoms with Crippen LogP contribution in [0.25, 0.3) is 10.2 Å². The highest BCUT2D eigenvalue weighted by atomic mass is 32.1. The molecule has 1 N–H and O–H groups in total. The van der Waals surface area contributed by atoms with Gasteiger partial charge in [0.15, 0.2) is 5.75 Å². The molecule has 9 heteroatoms. The van der Waals surface area contributed by atoms with Gasteiger partial charge in [-0.1, -0.05) is 23.5 Å². The van der Waals surface area contributed by atoms with Crippen molar-refractivity contribution in [2.45, 2.75) is 6.92 Å². The van der Waals surface area contributed by atoms with Crippen LogP contribution in [0.15, 0.2) is 41.5 Å². The molecule has 3 rings (SSSR count). The van der Waals surface area contributed by atoms with E-state index in [-0.39, 0.29) is 17.2 Å². The number of para-hydroxylation sites is 1. The molecule has 0 aliphatic heterocycles. The first-order valence-electron chi connectivity index (χ1n) is 7.76. The molecule has 0 atom stereocenters. The van der Waals surface area contributed by atoms with Crippen molar-refractivity contribution >= 4 is 38.6 Å². The summed E-state index contributed by atoms with van der Waals surface area (Å²) < 4.78 is 11.6. The van der Waals surface area contributed by atoms with Gasteiger partial charge in [-0.05, 0) is 25.1 Å². The van der Waals surface area contributed by atoms with Crippen LogP contribution in [-0.4, -0.2) is 29.8 Å². The summed E-state index contributed by atoms with van der Waals surface area (Å²) in [5, 5.41) is 16.1. The Balaban J connectivity index is 1.85. The summed E-state index contributed by atoms with van der Waals surface area (Å²) in [6, 6.07) is 10.8. The van der Waals surface area contributed by atoms with Crippen LogP contribution in [0.3, 0.4) is 0 Å². The second-order valence-electron chi connectivity index (χ2n) is 5.12. The van der Waals surface area contributed by atoms with Crippen LogP contribution in [0.5, 0.6) is 11.5 Å². The lowest BCUT2D eigenvalue weighted by Crippen LogP contribution is -2.02. The summed E-state index contributed by atoms with van der Waals surface area (Å²) in [6.45, 7) is 2.05. The van der Waals surface area contributed by atoms with Crippen molar-refractivity contribution in [1.82, 2.24) is 4.98 Å². The second-order valence-corrected chi connectivity index (χ2v) is 6.15. The Kier molecular flexibility index (Phi) is 5.28. The van der Waals surface area contributed by atoms with Crippen molar-refractivity contribution in [3.8, 4) is 11.5 Å². The zero-order valence-corrected chi connectivity index (χ0v) is 14.9. The molecule has 1 heterocycles. The minimum Gasteiger partial charge on any atom is -0.493 e. The molecule has 0 unspecified atom stereocenters. The Labute approximate surface area is 153 Å². The quantitative estimate of drug-likeness (QED) is 0.381. The number of nitro benzene ring substituents is 1. The molecule has 0 saturated carbocycles. The summed E-state index contributed by atoms with van der Waals surface area (Å²) in [5.74, 6) is 0.388. The number of anilines is 1. The average Bonchev–Trinajstić information content (AvgIpc) is 3.05. The zero-order valence-electron chi connectivity index (χ0n) is 14.1. The maximum Gasteiger partial charge on any atom is 0.315 e. The van der Waals surface area contributed by atoms with Gasteiger partial charge in [0.2, 0.25) is 10.9 Å². The molecule has 26 heavy (non-hydrogen) atoms. The predicted octanol–water partition coefficient (Wildman–Crippen LogP) is 4.06. The Morgan fingerprint density at radius 1 is 1.38 bits per heavy atom. The van der Waals surface area contributed by atoms with Gasteiger partial charge in [-0.15, -0.1) is 0 Å². The number of nitro groups is 1. The molecule has 0 aliphatic rings. The van der Waals surface area contributed by atoms with Crippen molar-refractivity contribution in [2.24, 2.45) is 5.10 Å². The zero-order chi connectivity index (χ0) is 18.5.